The minimum absolute atomic E-state index is 0.155. The number of carbonyl (C=O) groups excluding carboxylic acids is 1. The zero-order valence-electron chi connectivity index (χ0n) is 15.0. The molecular weight excluding hydrogens is 402 g/mol. The van der Waals surface area contributed by atoms with Gasteiger partial charge in [-0.25, -0.2) is 13.2 Å². The van der Waals surface area contributed by atoms with Gasteiger partial charge >= 0.3 is 6.03 Å². The van der Waals surface area contributed by atoms with E-state index in [2.05, 4.69) is 26.2 Å². The summed E-state index contributed by atoms with van der Waals surface area (Å²) in [6, 6.07) is 12.8. The maximum atomic E-state index is 12.3. The molecule has 2 aromatic rings. The number of hydrazine groups is 1. The molecule has 0 aromatic heterocycles. The molecule has 5 N–H and O–H groups in total. The zero-order chi connectivity index (χ0) is 20.0. The summed E-state index contributed by atoms with van der Waals surface area (Å²) < 4.78 is 27.1. The topological polar surface area (TPSA) is 111 Å². The highest BCUT2D eigenvalue weighted by Gasteiger charge is 2.15. The van der Waals surface area contributed by atoms with Gasteiger partial charge in [0.2, 0.25) is 10.0 Å². The van der Waals surface area contributed by atoms with E-state index in [-0.39, 0.29) is 11.8 Å². The largest absolute Gasteiger partial charge is 0.337 e. The van der Waals surface area contributed by atoms with Crippen molar-refractivity contribution in [1.82, 2.24) is 16.2 Å². The molecule has 0 unspecified atom stereocenters. The van der Waals surface area contributed by atoms with Crippen molar-refractivity contribution in [3.63, 3.8) is 0 Å². The van der Waals surface area contributed by atoms with Crippen LogP contribution in [-0.4, -0.2) is 34.1 Å². The van der Waals surface area contributed by atoms with Crippen molar-refractivity contribution < 1.29 is 13.2 Å². The van der Waals surface area contributed by atoms with Gasteiger partial charge in [-0.05, 0) is 42.0 Å². The van der Waals surface area contributed by atoms with E-state index in [1.807, 2.05) is 0 Å². The summed E-state index contributed by atoms with van der Waals surface area (Å²) in [5.74, 6) is 0.195. The van der Waals surface area contributed by atoms with Crippen LogP contribution in [0.25, 0.3) is 0 Å². The molecule has 2 amide bonds. The Bertz CT molecular complexity index is 898. The average molecular weight is 424 g/mol. The number of rotatable bonds is 7. The van der Waals surface area contributed by atoms with Gasteiger partial charge in [0, 0.05) is 41.9 Å². The molecule has 1 heterocycles. The lowest BCUT2D eigenvalue weighted by molar-refractivity contribution is 0.250. The third-order valence-corrected chi connectivity index (χ3v) is 5.66. The van der Waals surface area contributed by atoms with Crippen LogP contribution in [0.3, 0.4) is 0 Å². The van der Waals surface area contributed by atoms with Gasteiger partial charge in [-0.2, -0.15) is 0 Å². The molecule has 0 aliphatic carbocycles. The van der Waals surface area contributed by atoms with Crippen molar-refractivity contribution in [2.45, 2.75) is 5.75 Å². The van der Waals surface area contributed by atoms with Crippen LogP contribution in [0.15, 0.2) is 48.5 Å². The molecule has 3 rings (SSSR count). The molecule has 0 spiro atoms. The number of hydrogen-bond acceptors (Lipinski definition) is 5. The first kappa shape index (κ1) is 20.4. The van der Waals surface area contributed by atoms with E-state index >= 15 is 0 Å². The van der Waals surface area contributed by atoms with E-state index in [9.17, 15) is 13.2 Å². The molecule has 0 saturated carbocycles. The molecule has 1 saturated heterocycles. The van der Waals surface area contributed by atoms with Gasteiger partial charge in [-0.15, -0.1) is 0 Å². The van der Waals surface area contributed by atoms with Crippen LogP contribution in [0.1, 0.15) is 5.56 Å². The lowest BCUT2D eigenvalue weighted by atomic mass is 10.2. The number of anilines is 2. The van der Waals surface area contributed by atoms with E-state index in [0.29, 0.717) is 34.4 Å². The fraction of sp³-hybridized carbons (Fsp3) is 0.278. The van der Waals surface area contributed by atoms with Crippen LogP contribution in [0.5, 0.6) is 0 Å². The van der Waals surface area contributed by atoms with Crippen LogP contribution >= 0.6 is 11.6 Å². The number of benzene rings is 2. The lowest BCUT2D eigenvalue weighted by Crippen LogP contribution is -2.34. The monoisotopic (exact) mass is 423 g/mol. The number of hydrogen-bond donors (Lipinski definition) is 5. The maximum Gasteiger partial charge on any atom is 0.319 e. The number of halogens is 1. The number of amides is 2. The smallest absolute Gasteiger partial charge is 0.319 e. The summed E-state index contributed by atoms with van der Waals surface area (Å²) >= 11 is 5.81. The fourth-order valence-corrected chi connectivity index (χ4v) is 4.02. The minimum atomic E-state index is -3.56. The average Bonchev–Trinajstić information content (AvgIpc) is 3.17. The molecule has 0 bridgehead atoms. The summed E-state index contributed by atoms with van der Waals surface area (Å²) in [5, 5.41) is 6.08. The van der Waals surface area contributed by atoms with Crippen molar-refractivity contribution in [1.29, 1.82) is 0 Å². The molecule has 0 radical (unpaired) electrons. The molecule has 10 heteroatoms. The van der Waals surface area contributed by atoms with Crippen molar-refractivity contribution in [3.05, 3.63) is 59.1 Å². The third-order valence-electron chi connectivity index (χ3n) is 4.14. The second-order valence-electron chi connectivity index (χ2n) is 6.53. The molecule has 150 valence electrons. The van der Waals surface area contributed by atoms with Gasteiger partial charge in [0.1, 0.15) is 0 Å². The van der Waals surface area contributed by atoms with Crippen molar-refractivity contribution >= 4 is 39.0 Å². The molecular formula is C18H22ClN5O3S. The molecule has 1 fully saturated rings. The third kappa shape index (κ3) is 6.38. The maximum absolute atomic E-state index is 12.3. The number of carbonyl (C=O) groups is 1. The second-order valence-corrected chi connectivity index (χ2v) is 8.69. The van der Waals surface area contributed by atoms with E-state index in [1.54, 1.807) is 48.5 Å². The van der Waals surface area contributed by atoms with E-state index in [1.165, 1.54) is 0 Å². The zero-order valence-corrected chi connectivity index (χ0v) is 16.6. The fourth-order valence-electron chi connectivity index (χ4n) is 2.70. The summed E-state index contributed by atoms with van der Waals surface area (Å²) in [6.07, 6.45) is 0. The molecule has 1 aliphatic heterocycles. The van der Waals surface area contributed by atoms with Gasteiger partial charge in [0.15, 0.2) is 0 Å². The Kier molecular flexibility index (Phi) is 6.74. The Balaban J connectivity index is 1.50. The predicted molar refractivity (Wildman–Crippen MR) is 111 cm³/mol. The second kappa shape index (κ2) is 9.24. The van der Waals surface area contributed by atoms with E-state index in [0.717, 1.165) is 13.1 Å². The highest BCUT2D eigenvalue weighted by molar-refractivity contribution is 7.91. The van der Waals surface area contributed by atoms with Gasteiger partial charge in [0.25, 0.3) is 0 Å². The number of nitrogens with one attached hydrogen (secondary N) is 5. The number of sulfonamides is 1. The quantitative estimate of drug-likeness (QED) is 0.468. The highest BCUT2D eigenvalue weighted by Crippen LogP contribution is 2.17. The first-order chi connectivity index (χ1) is 13.4. The summed E-state index contributed by atoms with van der Waals surface area (Å²) in [7, 11) is -3.56. The van der Waals surface area contributed by atoms with Crippen LogP contribution in [0.4, 0.5) is 16.2 Å². The highest BCUT2D eigenvalue weighted by atomic mass is 35.5. The Morgan fingerprint density at radius 1 is 1.00 bits per heavy atom. The van der Waals surface area contributed by atoms with Crippen molar-refractivity contribution in [3.8, 4) is 0 Å². The van der Waals surface area contributed by atoms with Crippen molar-refractivity contribution in [2.75, 3.05) is 29.7 Å². The molecule has 28 heavy (non-hydrogen) atoms. The normalized spacial score (nSPS) is 14.6. The van der Waals surface area contributed by atoms with Gasteiger partial charge in [-0.1, -0.05) is 23.7 Å². The SMILES string of the molecule is O=C(NCC1CNNC1)Nc1ccc(NS(=O)(=O)Cc2ccc(Cl)cc2)cc1. The molecule has 0 atom stereocenters. The summed E-state index contributed by atoms with van der Waals surface area (Å²) in [6.45, 7) is 2.19. The summed E-state index contributed by atoms with van der Waals surface area (Å²) in [5.41, 5.74) is 7.64. The lowest BCUT2D eigenvalue weighted by Gasteiger charge is -2.12. The Labute approximate surface area is 169 Å². The molecule has 8 nitrogen and oxygen atoms in total. The predicted octanol–water partition coefficient (Wildman–Crippen LogP) is 2.13. The van der Waals surface area contributed by atoms with Crippen molar-refractivity contribution in [2.24, 2.45) is 5.92 Å². The van der Waals surface area contributed by atoms with Gasteiger partial charge in [-0.3, -0.25) is 15.6 Å². The molecule has 1 aliphatic rings. The van der Waals surface area contributed by atoms with Gasteiger partial charge < -0.3 is 10.6 Å². The van der Waals surface area contributed by atoms with Crippen LogP contribution < -0.4 is 26.2 Å². The Hall–Kier alpha value is -2.33. The van der Waals surface area contributed by atoms with Crippen LogP contribution in [0.2, 0.25) is 5.02 Å². The Morgan fingerprint density at radius 3 is 2.25 bits per heavy atom. The minimum Gasteiger partial charge on any atom is -0.337 e. The van der Waals surface area contributed by atoms with E-state index < -0.39 is 10.0 Å². The van der Waals surface area contributed by atoms with Gasteiger partial charge in [0.05, 0.1) is 5.75 Å². The van der Waals surface area contributed by atoms with Crippen LogP contribution in [-0.2, 0) is 15.8 Å². The van der Waals surface area contributed by atoms with E-state index in [4.69, 9.17) is 11.6 Å². The standard InChI is InChI=1S/C18H22ClN5O3S/c19-15-3-1-13(2-4-15)12-28(26,27)24-17-7-5-16(6-8-17)23-18(25)20-9-14-10-21-22-11-14/h1-8,14,21-22,24H,9-12H2,(H2,20,23,25). The first-order valence-electron chi connectivity index (χ1n) is 8.75. The summed E-state index contributed by atoms with van der Waals surface area (Å²) in [4.78, 5) is 11.9. The number of urea groups is 1. The Morgan fingerprint density at radius 2 is 1.61 bits per heavy atom. The van der Waals surface area contributed by atoms with Crippen LogP contribution in [0, 0.1) is 5.92 Å². The first-order valence-corrected chi connectivity index (χ1v) is 10.8. The molecule has 2 aromatic carbocycles.